The molecule has 1 aromatic rings. The molecular formula is C9H16N2OS. The van der Waals surface area contributed by atoms with E-state index < -0.39 is 5.60 Å². The van der Waals surface area contributed by atoms with E-state index in [1.54, 1.807) is 31.4 Å². The van der Waals surface area contributed by atoms with Crippen LogP contribution in [0.5, 0.6) is 0 Å². The number of aliphatic hydroxyl groups is 1. The Bertz CT molecular complexity index is 241. The Morgan fingerprint density at radius 3 is 2.85 bits per heavy atom. The van der Waals surface area contributed by atoms with Gasteiger partial charge in [-0.25, -0.2) is 4.98 Å². The Morgan fingerprint density at radius 1 is 1.69 bits per heavy atom. The fourth-order valence-electron chi connectivity index (χ4n) is 0.938. The first-order valence-electron chi connectivity index (χ1n) is 4.34. The van der Waals surface area contributed by atoms with E-state index in [4.69, 9.17) is 0 Å². The van der Waals surface area contributed by atoms with Crippen molar-refractivity contribution in [2.24, 2.45) is 0 Å². The van der Waals surface area contributed by atoms with E-state index in [1.165, 1.54) is 0 Å². The molecule has 0 amide bonds. The Morgan fingerprint density at radius 2 is 2.38 bits per heavy atom. The number of thiazole rings is 1. The van der Waals surface area contributed by atoms with Crippen molar-refractivity contribution in [2.45, 2.75) is 32.4 Å². The summed E-state index contributed by atoms with van der Waals surface area (Å²) in [7, 11) is 0. The first-order chi connectivity index (χ1) is 5.99. The third kappa shape index (κ3) is 3.85. The van der Waals surface area contributed by atoms with Gasteiger partial charge in [-0.3, -0.25) is 0 Å². The van der Waals surface area contributed by atoms with Crippen LogP contribution in [0.3, 0.4) is 0 Å². The molecule has 0 saturated carbocycles. The van der Waals surface area contributed by atoms with E-state index in [0.29, 0.717) is 6.54 Å². The molecule has 0 aliphatic carbocycles. The first-order valence-corrected chi connectivity index (χ1v) is 5.22. The van der Waals surface area contributed by atoms with E-state index >= 15 is 0 Å². The van der Waals surface area contributed by atoms with Gasteiger partial charge in [-0.1, -0.05) is 0 Å². The summed E-state index contributed by atoms with van der Waals surface area (Å²) < 4.78 is 0. The minimum Gasteiger partial charge on any atom is -0.389 e. The first kappa shape index (κ1) is 10.6. The fourth-order valence-corrected chi connectivity index (χ4v) is 1.61. The zero-order chi connectivity index (χ0) is 9.90. The van der Waals surface area contributed by atoms with Crippen LogP contribution in [0.15, 0.2) is 11.6 Å². The molecule has 0 radical (unpaired) electrons. The molecule has 1 heterocycles. The second-order valence-corrected chi connectivity index (χ2v) is 4.71. The van der Waals surface area contributed by atoms with Crippen LogP contribution < -0.4 is 5.32 Å². The maximum Gasteiger partial charge on any atom is 0.109 e. The van der Waals surface area contributed by atoms with E-state index in [0.717, 1.165) is 5.01 Å². The summed E-state index contributed by atoms with van der Waals surface area (Å²) in [5.41, 5.74) is -0.661. The largest absolute Gasteiger partial charge is 0.389 e. The zero-order valence-corrected chi connectivity index (χ0v) is 9.06. The van der Waals surface area contributed by atoms with Gasteiger partial charge in [0.15, 0.2) is 0 Å². The van der Waals surface area contributed by atoms with Crippen LogP contribution in [0, 0.1) is 0 Å². The molecular weight excluding hydrogens is 184 g/mol. The summed E-state index contributed by atoms with van der Waals surface area (Å²) in [6, 6.07) is 0.214. The van der Waals surface area contributed by atoms with Gasteiger partial charge in [0.25, 0.3) is 0 Å². The van der Waals surface area contributed by atoms with Gasteiger partial charge in [0, 0.05) is 18.1 Å². The second-order valence-electron chi connectivity index (χ2n) is 3.79. The van der Waals surface area contributed by atoms with Crippen LogP contribution in [0.4, 0.5) is 0 Å². The minimum absolute atomic E-state index is 0.214. The van der Waals surface area contributed by atoms with Crippen LogP contribution in [0.25, 0.3) is 0 Å². The average molecular weight is 200 g/mol. The average Bonchev–Trinajstić information content (AvgIpc) is 2.50. The van der Waals surface area contributed by atoms with Crippen LogP contribution in [-0.2, 0) is 0 Å². The summed E-state index contributed by atoms with van der Waals surface area (Å²) >= 11 is 1.63. The predicted molar refractivity (Wildman–Crippen MR) is 54.8 cm³/mol. The van der Waals surface area contributed by atoms with Crippen molar-refractivity contribution in [3.8, 4) is 0 Å². The molecule has 3 nitrogen and oxygen atoms in total. The fraction of sp³-hybridized carbons (Fsp3) is 0.667. The smallest absolute Gasteiger partial charge is 0.109 e. The molecule has 1 aromatic heterocycles. The molecule has 0 spiro atoms. The topological polar surface area (TPSA) is 45.1 Å². The number of hydrogen-bond acceptors (Lipinski definition) is 4. The monoisotopic (exact) mass is 200 g/mol. The standard InChI is InChI=1S/C9H16N2OS/c1-7(8-10-4-5-13-8)11-6-9(2,3)12/h4-5,7,11-12H,6H2,1-3H3. The summed E-state index contributed by atoms with van der Waals surface area (Å²) in [4.78, 5) is 4.19. The van der Waals surface area contributed by atoms with Crippen molar-refractivity contribution in [3.63, 3.8) is 0 Å². The summed E-state index contributed by atoms with van der Waals surface area (Å²) in [6.45, 7) is 6.20. The van der Waals surface area contributed by atoms with Crippen molar-refractivity contribution in [2.75, 3.05) is 6.54 Å². The van der Waals surface area contributed by atoms with Gasteiger partial charge in [-0.15, -0.1) is 11.3 Å². The molecule has 1 atom stereocenters. The quantitative estimate of drug-likeness (QED) is 0.775. The maximum atomic E-state index is 9.48. The number of aromatic nitrogens is 1. The molecule has 0 aliphatic rings. The second kappa shape index (κ2) is 4.17. The van der Waals surface area contributed by atoms with Gasteiger partial charge >= 0.3 is 0 Å². The Labute approximate surface area is 82.8 Å². The maximum absolute atomic E-state index is 9.48. The van der Waals surface area contributed by atoms with E-state index in [9.17, 15) is 5.11 Å². The van der Waals surface area contributed by atoms with Gasteiger partial charge in [0.2, 0.25) is 0 Å². The van der Waals surface area contributed by atoms with Crippen molar-refractivity contribution in [3.05, 3.63) is 16.6 Å². The van der Waals surface area contributed by atoms with E-state index in [-0.39, 0.29) is 6.04 Å². The highest BCUT2D eigenvalue weighted by molar-refractivity contribution is 7.09. The molecule has 1 unspecified atom stereocenters. The van der Waals surface area contributed by atoms with Crippen LogP contribution in [0.2, 0.25) is 0 Å². The van der Waals surface area contributed by atoms with E-state index in [1.807, 2.05) is 12.3 Å². The highest BCUT2D eigenvalue weighted by Crippen LogP contribution is 2.15. The summed E-state index contributed by atoms with van der Waals surface area (Å²) in [5, 5.41) is 15.7. The third-order valence-electron chi connectivity index (χ3n) is 1.66. The van der Waals surface area contributed by atoms with Crippen LogP contribution in [0.1, 0.15) is 31.8 Å². The summed E-state index contributed by atoms with van der Waals surface area (Å²) in [5.74, 6) is 0. The Kier molecular flexibility index (Phi) is 3.41. The SMILES string of the molecule is CC(NCC(C)(C)O)c1nccs1. The van der Waals surface area contributed by atoms with Crippen molar-refractivity contribution < 1.29 is 5.11 Å². The van der Waals surface area contributed by atoms with Gasteiger partial charge in [0.05, 0.1) is 11.6 Å². The lowest BCUT2D eigenvalue weighted by molar-refractivity contribution is 0.0770. The molecule has 0 aliphatic heterocycles. The molecule has 13 heavy (non-hydrogen) atoms. The third-order valence-corrected chi connectivity index (χ3v) is 2.62. The number of hydrogen-bond donors (Lipinski definition) is 2. The van der Waals surface area contributed by atoms with Crippen LogP contribution in [-0.4, -0.2) is 22.2 Å². The number of nitrogens with zero attached hydrogens (tertiary/aromatic N) is 1. The normalized spacial score (nSPS) is 14.5. The molecule has 2 N–H and O–H groups in total. The number of nitrogens with one attached hydrogen (secondary N) is 1. The molecule has 4 heteroatoms. The Hall–Kier alpha value is -0.450. The molecule has 0 bridgehead atoms. The van der Waals surface area contributed by atoms with Crippen LogP contribution >= 0.6 is 11.3 Å². The lowest BCUT2D eigenvalue weighted by Gasteiger charge is -2.20. The highest BCUT2D eigenvalue weighted by atomic mass is 32.1. The highest BCUT2D eigenvalue weighted by Gasteiger charge is 2.15. The zero-order valence-electron chi connectivity index (χ0n) is 8.24. The predicted octanol–water partition coefficient (Wildman–Crippen LogP) is 1.56. The van der Waals surface area contributed by atoms with Gasteiger partial charge in [0.1, 0.15) is 5.01 Å². The summed E-state index contributed by atoms with van der Waals surface area (Å²) in [6.07, 6.45) is 1.79. The van der Waals surface area contributed by atoms with Gasteiger partial charge < -0.3 is 10.4 Å². The molecule has 1 rings (SSSR count). The molecule has 74 valence electrons. The lowest BCUT2D eigenvalue weighted by atomic mass is 10.1. The minimum atomic E-state index is -0.661. The van der Waals surface area contributed by atoms with Crippen molar-refractivity contribution >= 4 is 11.3 Å². The number of rotatable bonds is 4. The molecule has 0 aromatic carbocycles. The molecule has 0 fully saturated rings. The Balaban J connectivity index is 2.39. The van der Waals surface area contributed by atoms with E-state index in [2.05, 4.69) is 10.3 Å². The van der Waals surface area contributed by atoms with Crippen molar-refractivity contribution in [1.82, 2.24) is 10.3 Å². The van der Waals surface area contributed by atoms with Gasteiger partial charge in [-0.05, 0) is 20.8 Å². The lowest BCUT2D eigenvalue weighted by Crippen LogP contribution is -2.36. The van der Waals surface area contributed by atoms with Gasteiger partial charge in [-0.2, -0.15) is 0 Å². The van der Waals surface area contributed by atoms with Crippen molar-refractivity contribution in [1.29, 1.82) is 0 Å². The molecule has 0 saturated heterocycles.